The number of ether oxygens (including phenoxy) is 2. The highest BCUT2D eigenvalue weighted by atomic mass is 16.8. The molecular formula is C8H8N2O3. The van der Waals surface area contributed by atoms with Gasteiger partial charge in [0.05, 0.1) is 0 Å². The van der Waals surface area contributed by atoms with Crippen molar-refractivity contribution in [3.63, 3.8) is 0 Å². The molecule has 1 atom stereocenters. The molecule has 0 bridgehead atoms. The lowest BCUT2D eigenvalue weighted by atomic mass is 10.2. The number of aliphatic hydroxyl groups is 1. The van der Waals surface area contributed by atoms with Crippen molar-refractivity contribution in [2.45, 2.75) is 6.48 Å². The van der Waals surface area contributed by atoms with E-state index < -0.39 is 6.48 Å². The smallest absolute Gasteiger partial charge is 0.358 e. The number of nitrogens with two attached hydrogens (primary N) is 1. The number of amidine groups is 1. The van der Waals surface area contributed by atoms with Crippen molar-refractivity contribution in [2.75, 3.05) is 0 Å². The zero-order valence-electron chi connectivity index (χ0n) is 6.65. The van der Waals surface area contributed by atoms with Crippen molar-refractivity contribution in [1.82, 2.24) is 0 Å². The lowest BCUT2D eigenvalue weighted by Gasteiger charge is -1.99. The lowest BCUT2D eigenvalue weighted by Crippen LogP contribution is -2.15. The van der Waals surface area contributed by atoms with E-state index in [1.807, 2.05) is 0 Å². The number of aliphatic hydroxyl groups excluding tert-OH is 1. The third kappa shape index (κ3) is 1.29. The molecule has 0 fully saturated rings. The predicted octanol–water partition coefficient (Wildman–Crippen LogP) is 0.0178. The second-order valence-corrected chi connectivity index (χ2v) is 2.62. The van der Waals surface area contributed by atoms with Gasteiger partial charge in [-0.1, -0.05) is 0 Å². The predicted molar refractivity (Wildman–Crippen MR) is 44.7 cm³/mol. The number of hydrogen-bond donors (Lipinski definition) is 3. The summed E-state index contributed by atoms with van der Waals surface area (Å²) in [6.07, 6.45) is 0. The second-order valence-electron chi connectivity index (χ2n) is 2.62. The molecule has 1 aliphatic heterocycles. The summed E-state index contributed by atoms with van der Waals surface area (Å²) < 4.78 is 9.74. The first kappa shape index (κ1) is 7.88. The Morgan fingerprint density at radius 3 is 2.77 bits per heavy atom. The molecule has 4 N–H and O–H groups in total. The zero-order chi connectivity index (χ0) is 9.42. The van der Waals surface area contributed by atoms with E-state index in [9.17, 15) is 0 Å². The Balaban J connectivity index is 2.40. The summed E-state index contributed by atoms with van der Waals surface area (Å²) in [5.74, 6) is 0.811. The van der Waals surface area contributed by atoms with E-state index >= 15 is 0 Å². The standard InChI is InChI=1S/C8H8N2O3/c9-7(10)4-1-2-5-6(3-4)13-8(11)12-5/h1-3,8,11H,(H3,9,10). The Bertz CT molecular complexity index is 364. The number of fused-ring (bicyclic) bond motifs is 1. The SMILES string of the molecule is N=C(N)c1ccc2c(c1)OC(O)O2. The molecule has 1 aromatic carbocycles. The van der Waals surface area contributed by atoms with E-state index in [0.717, 1.165) is 0 Å². The quantitative estimate of drug-likeness (QED) is 0.420. The van der Waals surface area contributed by atoms with Crippen LogP contribution in [0.1, 0.15) is 5.56 Å². The lowest BCUT2D eigenvalue weighted by molar-refractivity contribution is -0.133. The van der Waals surface area contributed by atoms with Gasteiger partial charge in [-0.2, -0.15) is 0 Å². The van der Waals surface area contributed by atoms with Gasteiger partial charge in [0, 0.05) is 5.56 Å². The van der Waals surface area contributed by atoms with Gasteiger partial charge in [0.1, 0.15) is 5.84 Å². The normalized spacial score (nSPS) is 18.7. The van der Waals surface area contributed by atoms with E-state index in [2.05, 4.69) is 0 Å². The molecule has 0 spiro atoms. The molecule has 5 nitrogen and oxygen atoms in total. The second kappa shape index (κ2) is 2.63. The van der Waals surface area contributed by atoms with Crippen molar-refractivity contribution in [3.05, 3.63) is 23.8 Å². The summed E-state index contributed by atoms with van der Waals surface area (Å²) in [6, 6.07) is 4.78. The number of benzene rings is 1. The maximum absolute atomic E-state index is 8.95. The number of nitrogens with one attached hydrogen (secondary N) is 1. The molecule has 2 rings (SSSR count). The fourth-order valence-corrected chi connectivity index (χ4v) is 1.11. The minimum absolute atomic E-state index is 0.0483. The molecule has 13 heavy (non-hydrogen) atoms. The molecule has 0 saturated heterocycles. The van der Waals surface area contributed by atoms with Crippen molar-refractivity contribution >= 4 is 5.84 Å². The van der Waals surface area contributed by atoms with Crippen LogP contribution in [0.3, 0.4) is 0 Å². The minimum Gasteiger partial charge on any atom is -0.428 e. The zero-order valence-corrected chi connectivity index (χ0v) is 6.65. The summed E-state index contributed by atoms with van der Waals surface area (Å²) in [5, 5.41) is 16.1. The Kier molecular flexibility index (Phi) is 1.60. The van der Waals surface area contributed by atoms with Crippen LogP contribution >= 0.6 is 0 Å². The molecule has 0 aliphatic carbocycles. The van der Waals surface area contributed by atoms with E-state index in [4.69, 9.17) is 25.7 Å². The van der Waals surface area contributed by atoms with E-state index in [1.165, 1.54) is 0 Å². The number of nitrogen functional groups attached to an aromatic ring is 1. The molecule has 0 radical (unpaired) electrons. The van der Waals surface area contributed by atoms with Crippen LogP contribution in [0.25, 0.3) is 0 Å². The molecule has 1 aliphatic rings. The molecule has 1 unspecified atom stereocenters. The maximum Gasteiger partial charge on any atom is 0.358 e. The topological polar surface area (TPSA) is 88.6 Å². The van der Waals surface area contributed by atoms with Crippen LogP contribution in [0.2, 0.25) is 0 Å². The van der Waals surface area contributed by atoms with Crippen molar-refractivity contribution in [3.8, 4) is 11.5 Å². The third-order valence-corrected chi connectivity index (χ3v) is 1.71. The van der Waals surface area contributed by atoms with Crippen LogP contribution in [-0.2, 0) is 0 Å². The fraction of sp³-hybridized carbons (Fsp3) is 0.125. The van der Waals surface area contributed by atoms with Crippen LogP contribution in [0, 0.1) is 5.41 Å². The van der Waals surface area contributed by atoms with E-state index in [0.29, 0.717) is 17.1 Å². The number of rotatable bonds is 1. The largest absolute Gasteiger partial charge is 0.428 e. The summed E-state index contributed by atoms with van der Waals surface area (Å²) >= 11 is 0. The van der Waals surface area contributed by atoms with Gasteiger partial charge in [-0.15, -0.1) is 0 Å². The van der Waals surface area contributed by atoms with Crippen LogP contribution in [0.5, 0.6) is 11.5 Å². The van der Waals surface area contributed by atoms with Gasteiger partial charge in [-0.3, -0.25) is 5.41 Å². The third-order valence-electron chi connectivity index (χ3n) is 1.71. The fourth-order valence-electron chi connectivity index (χ4n) is 1.11. The average molecular weight is 180 g/mol. The first-order valence-corrected chi connectivity index (χ1v) is 3.66. The Morgan fingerprint density at radius 2 is 2.08 bits per heavy atom. The Hall–Kier alpha value is -1.75. The van der Waals surface area contributed by atoms with Crippen LogP contribution < -0.4 is 15.2 Å². The highest BCUT2D eigenvalue weighted by Gasteiger charge is 2.21. The monoisotopic (exact) mass is 180 g/mol. The highest BCUT2D eigenvalue weighted by Crippen LogP contribution is 2.34. The summed E-state index contributed by atoms with van der Waals surface area (Å²) in [4.78, 5) is 0. The van der Waals surface area contributed by atoms with Crippen LogP contribution in [-0.4, -0.2) is 17.4 Å². The molecular weight excluding hydrogens is 172 g/mol. The van der Waals surface area contributed by atoms with Gasteiger partial charge in [-0.05, 0) is 18.2 Å². The Labute approximate surface area is 74.2 Å². The van der Waals surface area contributed by atoms with Crippen LogP contribution in [0.15, 0.2) is 18.2 Å². The molecule has 1 aromatic rings. The average Bonchev–Trinajstić information content (AvgIpc) is 2.42. The Morgan fingerprint density at radius 1 is 1.38 bits per heavy atom. The molecule has 68 valence electrons. The van der Waals surface area contributed by atoms with Crippen molar-refractivity contribution < 1.29 is 14.6 Å². The first-order chi connectivity index (χ1) is 6.16. The summed E-state index contributed by atoms with van der Waals surface area (Å²) in [6.45, 7) is -1.25. The molecule has 0 saturated carbocycles. The van der Waals surface area contributed by atoms with Gasteiger partial charge in [0.25, 0.3) is 0 Å². The van der Waals surface area contributed by atoms with Gasteiger partial charge in [-0.25, -0.2) is 0 Å². The summed E-state index contributed by atoms with van der Waals surface area (Å²) in [5.41, 5.74) is 5.81. The minimum atomic E-state index is -1.25. The maximum atomic E-state index is 8.95. The van der Waals surface area contributed by atoms with Gasteiger partial charge in [0.2, 0.25) is 0 Å². The highest BCUT2D eigenvalue weighted by molar-refractivity contribution is 5.95. The van der Waals surface area contributed by atoms with Crippen LogP contribution in [0.4, 0.5) is 0 Å². The van der Waals surface area contributed by atoms with Crippen molar-refractivity contribution in [2.24, 2.45) is 5.73 Å². The molecule has 0 aromatic heterocycles. The van der Waals surface area contributed by atoms with Gasteiger partial charge in [0.15, 0.2) is 11.5 Å². The molecule has 0 amide bonds. The van der Waals surface area contributed by atoms with E-state index in [1.54, 1.807) is 18.2 Å². The first-order valence-electron chi connectivity index (χ1n) is 3.66. The molecule has 1 heterocycles. The molecule has 5 heteroatoms. The van der Waals surface area contributed by atoms with Gasteiger partial charge < -0.3 is 20.3 Å². The number of hydrogen-bond acceptors (Lipinski definition) is 4. The van der Waals surface area contributed by atoms with Gasteiger partial charge >= 0.3 is 6.48 Å². The van der Waals surface area contributed by atoms with E-state index in [-0.39, 0.29) is 5.84 Å². The van der Waals surface area contributed by atoms with Crippen molar-refractivity contribution in [1.29, 1.82) is 5.41 Å². The summed E-state index contributed by atoms with van der Waals surface area (Å²) in [7, 11) is 0.